The van der Waals surface area contributed by atoms with Gasteiger partial charge in [0.25, 0.3) is 0 Å². The molecule has 7 heteroatoms. The van der Waals surface area contributed by atoms with E-state index in [-0.39, 0.29) is 24.9 Å². The molecule has 2 aromatic rings. The summed E-state index contributed by atoms with van der Waals surface area (Å²) in [6, 6.07) is 12.7. The van der Waals surface area contributed by atoms with E-state index in [1.54, 1.807) is 18.2 Å². The first-order valence-electron chi connectivity index (χ1n) is 7.76. The van der Waals surface area contributed by atoms with Crippen LogP contribution < -0.4 is 10.2 Å². The number of hydrogen-bond donors (Lipinski definition) is 1. The second-order valence-electron chi connectivity index (χ2n) is 5.97. The van der Waals surface area contributed by atoms with E-state index < -0.39 is 0 Å². The van der Waals surface area contributed by atoms with Crippen LogP contribution in [0.2, 0.25) is 10.0 Å². The van der Waals surface area contributed by atoms with Crippen molar-refractivity contribution in [2.75, 3.05) is 30.4 Å². The minimum Gasteiger partial charge on any atom is -0.323 e. The van der Waals surface area contributed by atoms with Crippen molar-refractivity contribution < 1.29 is 9.59 Å². The number of anilines is 2. The number of benzene rings is 2. The topological polar surface area (TPSA) is 52.7 Å². The maximum absolute atomic E-state index is 12.7. The molecule has 0 aromatic heterocycles. The van der Waals surface area contributed by atoms with E-state index in [4.69, 9.17) is 23.2 Å². The summed E-state index contributed by atoms with van der Waals surface area (Å²) >= 11 is 11.9. The Labute approximate surface area is 156 Å². The number of halogens is 2. The molecule has 0 fully saturated rings. The van der Waals surface area contributed by atoms with Gasteiger partial charge in [-0.3, -0.25) is 19.4 Å². The minimum atomic E-state index is -0.195. The first-order chi connectivity index (χ1) is 11.9. The lowest BCUT2D eigenvalue weighted by Crippen LogP contribution is -2.45. The van der Waals surface area contributed by atoms with Crippen LogP contribution in [-0.2, 0) is 16.1 Å². The van der Waals surface area contributed by atoms with E-state index in [0.29, 0.717) is 22.3 Å². The van der Waals surface area contributed by atoms with Gasteiger partial charge in [0.05, 0.1) is 28.0 Å². The van der Waals surface area contributed by atoms with Crippen LogP contribution in [0.15, 0.2) is 42.5 Å². The molecule has 0 aliphatic carbocycles. The molecule has 0 atom stereocenters. The number of rotatable bonds is 4. The summed E-state index contributed by atoms with van der Waals surface area (Å²) in [6.45, 7) is 0.753. The molecular formula is C18H17Cl2N3O2. The fraction of sp³-hybridized carbons (Fsp3) is 0.222. The minimum absolute atomic E-state index is 0.0243. The lowest BCUT2D eigenvalue weighted by atomic mass is 10.2. The fourth-order valence-corrected chi connectivity index (χ4v) is 3.10. The molecule has 1 heterocycles. The zero-order chi connectivity index (χ0) is 18.0. The maximum atomic E-state index is 12.7. The van der Waals surface area contributed by atoms with Gasteiger partial charge in [-0.2, -0.15) is 0 Å². The third kappa shape index (κ3) is 4.12. The van der Waals surface area contributed by atoms with E-state index in [0.717, 1.165) is 11.3 Å². The molecule has 0 saturated carbocycles. The Hall–Kier alpha value is -2.08. The number of amides is 2. The van der Waals surface area contributed by atoms with Crippen molar-refractivity contribution in [1.29, 1.82) is 0 Å². The fourth-order valence-electron chi connectivity index (χ4n) is 2.78. The molecule has 0 bridgehead atoms. The molecule has 3 rings (SSSR count). The van der Waals surface area contributed by atoms with Gasteiger partial charge in [0.15, 0.2) is 0 Å². The Kier molecular flexibility index (Phi) is 5.27. The summed E-state index contributed by atoms with van der Waals surface area (Å²) < 4.78 is 0. The molecule has 2 amide bonds. The highest BCUT2D eigenvalue weighted by molar-refractivity contribution is 6.42. The molecule has 1 aliphatic rings. The Morgan fingerprint density at radius 2 is 1.96 bits per heavy atom. The number of nitrogens with zero attached hydrogens (tertiary/aromatic N) is 2. The molecule has 1 aliphatic heterocycles. The zero-order valence-electron chi connectivity index (χ0n) is 13.6. The van der Waals surface area contributed by atoms with Crippen LogP contribution in [0.1, 0.15) is 5.56 Å². The average molecular weight is 378 g/mol. The van der Waals surface area contributed by atoms with Gasteiger partial charge in [0.2, 0.25) is 11.8 Å². The molecule has 0 saturated heterocycles. The number of nitrogens with one attached hydrogen (secondary N) is 1. The number of carbonyl (C=O) groups excluding carboxylic acids is 2. The standard InChI is InChI=1S/C18H17Cl2N3O2/c1-22(9-12-6-7-13(19)14(20)8-12)11-18(25)23-10-17(24)21-15-4-2-3-5-16(15)23/h2-8H,9-11H2,1H3,(H,21,24). The number of fused-ring (bicyclic) bond motifs is 1. The summed E-state index contributed by atoms with van der Waals surface area (Å²) in [7, 11) is 1.84. The van der Waals surface area contributed by atoms with Crippen LogP contribution in [0.4, 0.5) is 11.4 Å². The first kappa shape index (κ1) is 17.7. The zero-order valence-corrected chi connectivity index (χ0v) is 15.1. The third-order valence-corrected chi connectivity index (χ3v) is 4.65. The lowest BCUT2D eigenvalue weighted by molar-refractivity contribution is -0.122. The van der Waals surface area contributed by atoms with Crippen LogP contribution in [0.25, 0.3) is 0 Å². The van der Waals surface area contributed by atoms with Crippen molar-refractivity contribution in [3.05, 3.63) is 58.1 Å². The van der Waals surface area contributed by atoms with Crippen LogP contribution in [-0.4, -0.2) is 36.9 Å². The quantitative estimate of drug-likeness (QED) is 0.887. The van der Waals surface area contributed by atoms with Crippen molar-refractivity contribution >= 4 is 46.4 Å². The molecule has 25 heavy (non-hydrogen) atoms. The Bertz CT molecular complexity index is 826. The first-order valence-corrected chi connectivity index (χ1v) is 8.51. The smallest absolute Gasteiger partial charge is 0.244 e. The van der Waals surface area contributed by atoms with Gasteiger partial charge in [-0.25, -0.2) is 0 Å². The van der Waals surface area contributed by atoms with Gasteiger partial charge in [-0.1, -0.05) is 41.4 Å². The number of hydrogen-bond acceptors (Lipinski definition) is 3. The molecule has 2 aromatic carbocycles. The Balaban J connectivity index is 1.69. The van der Waals surface area contributed by atoms with E-state index in [9.17, 15) is 9.59 Å². The monoisotopic (exact) mass is 377 g/mol. The second-order valence-corrected chi connectivity index (χ2v) is 6.78. The third-order valence-electron chi connectivity index (χ3n) is 3.91. The van der Waals surface area contributed by atoms with E-state index in [1.165, 1.54) is 4.90 Å². The van der Waals surface area contributed by atoms with Crippen LogP contribution in [0.3, 0.4) is 0 Å². The van der Waals surface area contributed by atoms with Gasteiger partial charge in [0.1, 0.15) is 6.54 Å². The number of para-hydroxylation sites is 2. The normalized spacial score (nSPS) is 13.6. The molecule has 0 unspecified atom stereocenters. The van der Waals surface area contributed by atoms with Gasteiger partial charge in [-0.15, -0.1) is 0 Å². The van der Waals surface area contributed by atoms with Crippen molar-refractivity contribution in [3.63, 3.8) is 0 Å². The molecule has 0 spiro atoms. The second kappa shape index (κ2) is 7.44. The highest BCUT2D eigenvalue weighted by atomic mass is 35.5. The van der Waals surface area contributed by atoms with Gasteiger partial charge >= 0.3 is 0 Å². The largest absolute Gasteiger partial charge is 0.323 e. The predicted molar refractivity (Wildman–Crippen MR) is 100 cm³/mol. The highest BCUT2D eigenvalue weighted by Gasteiger charge is 2.27. The van der Waals surface area contributed by atoms with Crippen LogP contribution in [0, 0.1) is 0 Å². The van der Waals surface area contributed by atoms with Crippen LogP contribution in [0.5, 0.6) is 0 Å². The summed E-state index contributed by atoms with van der Waals surface area (Å²) in [6.07, 6.45) is 0. The van der Waals surface area contributed by atoms with E-state index in [1.807, 2.05) is 36.2 Å². The number of carbonyl (C=O) groups is 2. The van der Waals surface area contributed by atoms with Gasteiger partial charge in [-0.05, 0) is 36.9 Å². The van der Waals surface area contributed by atoms with E-state index >= 15 is 0 Å². The van der Waals surface area contributed by atoms with Gasteiger partial charge in [0, 0.05) is 6.54 Å². The van der Waals surface area contributed by atoms with E-state index in [2.05, 4.69) is 5.32 Å². The molecule has 5 nitrogen and oxygen atoms in total. The van der Waals surface area contributed by atoms with Gasteiger partial charge < -0.3 is 5.32 Å². The SMILES string of the molecule is CN(CC(=O)N1CC(=O)Nc2ccccc21)Cc1ccc(Cl)c(Cl)c1. The summed E-state index contributed by atoms with van der Waals surface area (Å²) in [4.78, 5) is 27.9. The average Bonchev–Trinajstić information content (AvgIpc) is 2.57. The van der Waals surface area contributed by atoms with Crippen molar-refractivity contribution in [3.8, 4) is 0 Å². The Morgan fingerprint density at radius 3 is 2.72 bits per heavy atom. The Morgan fingerprint density at radius 1 is 1.20 bits per heavy atom. The van der Waals surface area contributed by atoms with Crippen LogP contribution >= 0.6 is 23.2 Å². The summed E-state index contributed by atoms with van der Waals surface area (Å²) in [5, 5.41) is 3.76. The highest BCUT2D eigenvalue weighted by Crippen LogP contribution is 2.29. The molecule has 1 N–H and O–H groups in total. The van der Waals surface area contributed by atoms with Crippen molar-refractivity contribution in [2.45, 2.75) is 6.54 Å². The van der Waals surface area contributed by atoms with Crippen molar-refractivity contribution in [2.24, 2.45) is 0 Å². The number of likely N-dealkylation sites (N-methyl/N-ethyl adjacent to an activating group) is 1. The van der Waals surface area contributed by atoms with Crippen molar-refractivity contribution in [1.82, 2.24) is 4.90 Å². The summed E-state index contributed by atoms with van der Waals surface area (Å²) in [5.41, 5.74) is 2.33. The maximum Gasteiger partial charge on any atom is 0.244 e. The molecular weight excluding hydrogens is 361 g/mol. The molecule has 0 radical (unpaired) electrons. The lowest BCUT2D eigenvalue weighted by Gasteiger charge is -2.30. The predicted octanol–water partition coefficient (Wildman–Crippen LogP) is 3.41. The molecule has 130 valence electrons. The summed E-state index contributed by atoms with van der Waals surface area (Å²) in [5.74, 6) is -0.330.